The summed E-state index contributed by atoms with van der Waals surface area (Å²) in [4.78, 5) is 0.121. The predicted molar refractivity (Wildman–Crippen MR) is 83.9 cm³/mol. The van der Waals surface area contributed by atoms with Crippen LogP contribution in [-0.4, -0.2) is 19.5 Å². The number of hydrogen-bond acceptors (Lipinski definition) is 4. The highest BCUT2D eigenvalue weighted by molar-refractivity contribution is 9.10. The highest BCUT2D eigenvalue weighted by Gasteiger charge is 2.17. The molecule has 0 heterocycles. The van der Waals surface area contributed by atoms with Crippen LogP contribution in [0.2, 0.25) is 0 Å². The van der Waals surface area contributed by atoms with Gasteiger partial charge in [0.25, 0.3) is 10.0 Å². The monoisotopic (exact) mass is 369 g/mol. The standard InChI is InChI=1S/C13H12BrN3O3S/c14-9-6-7-11(13(15)16-18)12(8-9)17-21(19,20)10-4-2-1-3-5-10/h1-8,17-18H,(H2,15,16). The quantitative estimate of drug-likeness (QED) is 0.333. The largest absolute Gasteiger partial charge is 0.409 e. The highest BCUT2D eigenvalue weighted by atomic mass is 79.9. The Morgan fingerprint density at radius 1 is 1.19 bits per heavy atom. The van der Waals surface area contributed by atoms with E-state index in [1.165, 1.54) is 18.2 Å². The van der Waals surface area contributed by atoms with E-state index in [0.717, 1.165) is 0 Å². The second-order valence-corrected chi connectivity index (χ2v) is 6.69. The van der Waals surface area contributed by atoms with Gasteiger partial charge in [-0.05, 0) is 30.3 Å². The average Bonchev–Trinajstić information content (AvgIpc) is 2.47. The summed E-state index contributed by atoms with van der Waals surface area (Å²) in [7, 11) is -3.76. The lowest BCUT2D eigenvalue weighted by atomic mass is 10.2. The van der Waals surface area contributed by atoms with Crippen LogP contribution in [0.5, 0.6) is 0 Å². The molecule has 0 aliphatic rings. The zero-order chi connectivity index (χ0) is 15.5. The minimum absolute atomic E-state index is 0.121. The molecule has 21 heavy (non-hydrogen) atoms. The molecule has 0 saturated carbocycles. The normalized spacial score (nSPS) is 12.1. The second kappa shape index (κ2) is 6.15. The van der Waals surface area contributed by atoms with Gasteiger partial charge in [0, 0.05) is 10.0 Å². The number of nitrogens with zero attached hydrogens (tertiary/aromatic N) is 1. The van der Waals surface area contributed by atoms with Crippen LogP contribution >= 0.6 is 15.9 Å². The van der Waals surface area contributed by atoms with E-state index in [1.54, 1.807) is 30.3 Å². The number of rotatable bonds is 4. The van der Waals surface area contributed by atoms with Gasteiger partial charge in [-0.25, -0.2) is 8.42 Å². The smallest absolute Gasteiger partial charge is 0.261 e. The summed E-state index contributed by atoms with van der Waals surface area (Å²) >= 11 is 3.25. The third kappa shape index (κ3) is 3.53. The fraction of sp³-hybridized carbons (Fsp3) is 0. The van der Waals surface area contributed by atoms with Crippen molar-refractivity contribution in [3.05, 3.63) is 58.6 Å². The summed E-state index contributed by atoms with van der Waals surface area (Å²) in [5, 5.41) is 11.7. The van der Waals surface area contributed by atoms with E-state index in [2.05, 4.69) is 25.8 Å². The van der Waals surface area contributed by atoms with Crippen molar-refractivity contribution in [3.63, 3.8) is 0 Å². The summed E-state index contributed by atoms with van der Waals surface area (Å²) in [5.41, 5.74) is 6.04. The molecule has 110 valence electrons. The third-order valence-corrected chi connectivity index (χ3v) is 4.54. The predicted octanol–water partition coefficient (Wildman–Crippen LogP) is 2.34. The molecule has 0 bridgehead atoms. The Labute approximate surface area is 130 Å². The first-order valence-corrected chi connectivity index (χ1v) is 8.07. The maximum atomic E-state index is 12.3. The van der Waals surface area contributed by atoms with Crippen molar-refractivity contribution >= 4 is 37.5 Å². The molecule has 0 amide bonds. The topological polar surface area (TPSA) is 105 Å². The van der Waals surface area contributed by atoms with Crippen LogP contribution in [0.4, 0.5) is 5.69 Å². The molecule has 0 fully saturated rings. The molecular weight excluding hydrogens is 358 g/mol. The first-order chi connectivity index (χ1) is 9.94. The fourth-order valence-corrected chi connectivity index (χ4v) is 3.13. The number of hydrogen-bond donors (Lipinski definition) is 3. The second-order valence-electron chi connectivity index (χ2n) is 4.09. The molecule has 4 N–H and O–H groups in total. The Bertz CT molecular complexity index is 777. The van der Waals surface area contributed by atoms with Gasteiger partial charge in [0.1, 0.15) is 0 Å². The van der Waals surface area contributed by atoms with E-state index in [4.69, 9.17) is 10.9 Å². The summed E-state index contributed by atoms with van der Waals surface area (Å²) in [6.07, 6.45) is 0. The lowest BCUT2D eigenvalue weighted by Gasteiger charge is -2.12. The van der Waals surface area contributed by atoms with Crippen molar-refractivity contribution in [1.82, 2.24) is 0 Å². The van der Waals surface area contributed by atoms with Crippen LogP contribution in [0.15, 0.2) is 63.1 Å². The third-order valence-electron chi connectivity index (χ3n) is 2.66. The van der Waals surface area contributed by atoms with Gasteiger partial charge in [0.15, 0.2) is 5.84 Å². The van der Waals surface area contributed by atoms with Gasteiger partial charge in [0.05, 0.1) is 10.6 Å². The van der Waals surface area contributed by atoms with Crippen LogP contribution < -0.4 is 10.5 Å². The molecule has 0 spiro atoms. The van der Waals surface area contributed by atoms with Crippen molar-refractivity contribution in [1.29, 1.82) is 0 Å². The minimum Gasteiger partial charge on any atom is -0.409 e. The Balaban J connectivity index is 2.46. The van der Waals surface area contributed by atoms with Crippen LogP contribution in [0.25, 0.3) is 0 Å². The molecule has 0 unspecified atom stereocenters. The number of oxime groups is 1. The zero-order valence-corrected chi connectivity index (χ0v) is 13.1. The number of nitrogens with one attached hydrogen (secondary N) is 1. The number of halogens is 1. The first kappa shape index (κ1) is 15.3. The van der Waals surface area contributed by atoms with Gasteiger partial charge in [-0.2, -0.15) is 0 Å². The Kier molecular flexibility index (Phi) is 4.49. The van der Waals surface area contributed by atoms with Gasteiger partial charge >= 0.3 is 0 Å². The van der Waals surface area contributed by atoms with Crippen molar-refractivity contribution < 1.29 is 13.6 Å². The first-order valence-electron chi connectivity index (χ1n) is 5.79. The maximum absolute atomic E-state index is 12.3. The molecule has 6 nitrogen and oxygen atoms in total. The van der Waals surface area contributed by atoms with E-state index in [-0.39, 0.29) is 22.0 Å². The molecule has 0 radical (unpaired) electrons. The molecule has 0 aliphatic heterocycles. The van der Waals surface area contributed by atoms with Gasteiger partial charge in [-0.1, -0.05) is 39.3 Å². The SMILES string of the molecule is N/C(=N/O)c1ccc(Br)cc1NS(=O)(=O)c1ccccc1. The Morgan fingerprint density at radius 2 is 1.86 bits per heavy atom. The van der Waals surface area contributed by atoms with Crippen molar-refractivity contribution in [2.75, 3.05) is 4.72 Å². The number of anilines is 1. The molecule has 0 aliphatic carbocycles. The summed E-state index contributed by atoms with van der Waals surface area (Å²) < 4.78 is 27.7. The van der Waals surface area contributed by atoms with E-state index >= 15 is 0 Å². The molecule has 8 heteroatoms. The van der Waals surface area contributed by atoms with Gasteiger partial charge < -0.3 is 10.9 Å². The number of benzene rings is 2. The molecule has 0 atom stereocenters. The highest BCUT2D eigenvalue weighted by Crippen LogP contribution is 2.24. The van der Waals surface area contributed by atoms with E-state index in [0.29, 0.717) is 4.47 Å². The van der Waals surface area contributed by atoms with Crippen LogP contribution in [0.3, 0.4) is 0 Å². The van der Waals surface area contributed by atoms with E-state index < -0.39 is 10.0 Å². The number of amidine groups is 1. The maximum Gasteiger partial charge on any atom is 0.261 e. The summed E-state index contributed by atoms with van der Waals surface area (Å²) in [6, 6.07) is 12.7. The summed E-state index contributed by atoms with van der Waals surface area (Å²) in [6.45, 7) is 0. The molecular formula is C13H12BrN3O3S. The van der Waals surface area contributed by atoms with E-state index in [9.17, 15) is 8.42 Å². The number of sulfonamides is 1. The van der Waals surface area contributed by atoms with Crippen LogP contribution in [0, 0.1) is 0 Å². The number of nitrogens with two attached hydrogens (primary N) is 1. The molecule has 2 aromatic rings. The van der Waals surface area contributed by atoms with Crippen LogP contribution in [0.1, 0.15) is 5.56 Å². The van der Waals surface area contributed by atoms with Crippen LogP contribution in [-0.2, 0) is 10.0 Å². The molecule has 0 aromatic heterocycles. The van der Waals surface area contributed by atoms with Gasteiger partial charge in [-0.3, -0.25) is 4.72 Å². The Morgan fingerprint density at radius 3 is 2.48 bits per heavy atom. The summed E-state index contributed by atoms with van der Waals surface area (Å²) in [5.74, 6) is -0.187. The Hall–Kier alpha value is -2.06. The molecule has 2 rings (SSSR count). The van der Waals surface area contributed by atoms with Gasteiger partial charge in [0.2, 0.25) is 0 Å². The van der Waals surface area contributed by atoms with Crippen molar-refractivity contribution in [2.24, 2.45) is 10.9 Å². The van der Waals surface area contributed by atoms with E-state index in [1.807, 2.05) is 0 Å². The fourth-order valence-electron chi connectivity index (χ4n) is 1.68. The lowest BCUT2D eigenvalue weighted by molar-refractivity contribution is 0.318. The van der Waals surface area contributed by atoms with Crippen molar-refractivity contribution in [3.8, 4) is 0 Å². The molecule has 0 saturated heterocycles. The lowest BCUT2D eigenvalue weighted by Crippen LogP contribution is -2.19. The molecule has 2 aromatic carbocycles. The average molecular weight is 370 g/mol. The zero-order valence-electron chi connectivity index (χ0n) is 10.7. The van der Waals surface area contributed by atoms with Gasteiger partial charge in [-0.15, -0.1) is 0 Å². The minimum atomic E-state index is -3.76. The van der Waals surface area contributed by atoms with Crippen molar-refractivity contribution in [2.45, 2.75) is 4.90 Å².